The minimum absolute atomic E-state index is 0.0386. The fraction of sp³-hybridized carbons (Fsp3) is 0.286. The monoisotopic (exact) mass is 391 g/mol. The van der Waals surface area contributed by atoms with E-state index in [2.05, 4.69) is 20.1 Å². The van der Waals surface area contributed by atoms with Crippen molar-refractivity contribution in [2.45, 2.75) is 38.6 Å². The summed E-state index contributed by atoms with van der Waals surface area (Å²) >= 11 is 1.74. The van der Waals surface area contributed by atoms with Gasteiger partial charge in [0.25, 0.3) is 5.91 Å². The van der Waals surface area contributed by atoms with Gasteiger partial charge < -0.3 is 9.88 Å². The molecule has 7 heteroatoms. The molecule has 0 spiro atoms. The first-order valence-corrected chi connectivity index (χ1v) is 10.4. The molecule has 1 aliphatic rings. The van der Waals surface area contributed by atoms with Gasteiger partial charge in [0.2, 0.25) is 0 Å². The average Bonchev–Trinajstić information content (AvgIpc) is 3.44. The second-order valence-electron chi connectivity index (χ2n) is 7.16. The molecule has 1 N–H and O–H groups in total. The third kappa shape index (κ3) is 2.82. The molecule has 1 amide bonds. The van der Waals surface area contributed by atoms with Gasteiger partial charge in [-0.2, -0.15) is 0 Å². The van der Waals surface area contributed by atoms with Gasteiger partial charge in [0.05, 0.1) is 11.6 Å². The summed E-state index contributed by atoms with van der Waals surface area (Å²) in [5.74, 6) is 0.693. The van der Waals surface area contributed by atoms with Crippen LogP contribution in [0.5, 0.6) is 0 Å². The van der Waals surface area contributed by atoms with Crippen molar-refractivity contribution in [1.29, 1.82) is 0 Å². The fourth-order valence-electron chi connectivity index (χ4n) is 3.93. The number of amides is 1. The van der Waals surface area contributed by atoms with E-state index >= 15 is 0 Å². The number of fused-ring (bicyclic) bond motifs is 2. The first kappa shape index (κ1) is 17.2. The van der Waals surface area contributed by atoms with Gasteiger partial charge in [-0.25, -0.2) is 0 Å². The summed E-state index contributed by atoms with van der Waals surface area (Å²) in [5, 5.41) is 12.7. The zero-order chi connectivity index (χ0) is 19.1. The lowest BCUT2D eigenvalue weighted by atomic mass is 9.95. The van der Waals surface area contributed by atoms with E-state index in [0.29, 0.717) is 0 Å². The van der Waals surface area contributed by atoms with Crippen molar-refractivity contribution in [2.24, 2.45) is 0 Å². The lowest BCUT2D eigenvalue weighted by molar-refractivity contribution is 0.0937. The maximum absolute atomic E-state index is 13.4. The number of pyridine rings is 1. The molecule has 0 saturated carbocycles. The van der Waals surface area contributed by atoms with Gasteiger partial charge in [-0.3, -0.25) is 9.20 Å². The van der Waals surface area contributed by atoms with Gasteiger partial charge >= 0.3 is 0 Å². The summed E-state index contributed by atoms with van der Waals surface area (Å²) in [5.41, 5.74) is 2.81. The van der Waals surface area contributed by atoms with Gasteiger partial charge in [0.1, 0.15) is 5.00 Å². The highest BCUT2D eigenvalue weighted by Gasteiger charge is 2.27. The van der Waals surface area contributed by atoms with E-state index in [1.54, 1.807) is 11.3 Å². The number of aromatic nitrogens is 4. The Morgan fingerprint density at radius 3 is 2.75 bits per heavy atom. The minimum atomic E-state index is -0.249. The van der Waals surface area contributed by atoms with Gasteiger partial charge in [0.15, 0.2) is 11.5 Å². The number of nitrogens with zero attached hydrogens (tertiary/aromatic N) is 4. The van der Waals surface area contributed by atoms with Crippen LogP contribution in [-0.4, -0.2) is 25.1 Å². The van der Waals surface area contributed by atoms with Gasteiger partial charge in [-0.15, -0.1) is 21.5 Å². The third-order valence-corrected chi connectivity index (χ3v) is 6.60. The summed E-state index contributed by atoms with van der Waals surface area (Å²) in [6.45, 7) is 1.95. The Morgan fingerprint density at radius 1 is 1.11 bits per heavy atom. The fourth-order valence-corrected chi connectivity index (χ4v) is 5.28. The van der Waals surface area contributed by atoms with Crippen LogP contribution in [0, 0.1) is 0 Å². The molecule has 1 atom stereocenters. The van der Waals surface area contributed by atoms with Crippen molar-refractivity contribution in [3.05, 3.63) is 70.8 Å². The molecule has 28 heavy (non-hydrogen) atoms. The van der Waals surface area contributed by atoms with Crippen molar-refractivity contribution in [1.82, 2.24) is 24.5 Å². The molecule has 1 aliphatic carbocycles. The molecule has 0 aromatic carbocycles. The molecule has 6 nitrogen and oxygen atoms in total. The maximum atomic E-state index is 13.4. The largest absolute Gasteiger partial charge is 0.342 e. The van der Waals surface area contributed by atoms with Crippen LogP contribution in [0.2, 0.25) is 0 Å². The first-order valence-electron chi connectivity index (χ1n) is 9.61. The number of aryl methyl sites for hydroxylation is 1. The van der Waals surface area contributed by atoms with E-state index in [9.17, 15) is 4.79 Å². The highest BCUT2D eigenvalue weighted by Crippen LogP contribution is 2.37. The van der Waals surface area contributed by atoms with Crippen LogP contribution in [0.4, 0.5) is 0 Å². The Balaban J connectivity index is 1.50. The van der Waals surface area contributed by atoms with Gasteiger partial charge in [0, 0.05) is 23.5 Å². The molecular weight excluding hydrogens is 370 g/mol. The zero-order valence-electron chi connectivity index (χ0n) is 15.6. The Morgan fingerprint density at radius 2 is 1.89 bits per heavy atom. The Kier molecular flexibility index (Phi) is 4.24. The standard InChI is InChI=1S/C21H21N5OS/c1-14(19-24-23-17-10-4-5-13-26(17)19)22-20(27)18-15-8-2-3-9-16(15)28-21(18)25-11-6-7-12-25/h4-7,10-14H,2-3,8-9H2,1H3,(H,22,27). The van der Waals surface area contributed by atoms with Crippen LogP contribution in [0.25, 0.3) is 10.6 Å². The number of nitrogens with one attached hydrogen (secondary N) is 1. The average molecular weight is 392 g/mol. The van der Waals surface area contributed by atoms with Gasteiger partial charge in [-0.1, -0.05) is 6.07 Å². The van der Waals surface area contributed by atoms with E-state index in [1.807, 2.05) is 60.2 Å². The van der Waals surface area contributed by atoms with Crippen molar-refractivity contribution >= 4 is 22.9 Å². The second kappa shape index (κ2) is 6.91. The molecule has 1 unspecified atom stereocenters. The normalized spacial score (nSPS) is 14.8. The first-order chi connectivity index (χ1) is 13.7. The van der Waals surface area contributed by atoms with Crippen LogP contribution in [-0.2, 0) is 12.8 Å². The van der Waals surface area contributed by atoms with Crippen LogP contribution in [0.3, 0.4) is 0 Å². The number of rotatable bonds is 4. The van der Waals surface area contributed by atoms with Gasteiger partial charge in [-0.05, 0) is 62.4 Å². The molecule has 0 aliphatic heterocycles. The van der Waals surface area contributed by atoms with E-state index < -0.39 is 0 Å². The SMILES string of the molecule is CC(NC(=O)c1c(-n2cccc2)sc2c1CCCC2)c1nnc2ccccn12. The van der Waals surface area contributed by atoms with Crippen molar-refractivity contribution in [3.63, 3.8) is 0 Å². The van der Waals surface area contributed by atoms with E-state index in [0.717, 1.165) is 41.3 Å². The number of thiophene rings is 1. The van der Waals surface area contributed by atoms with Crippen molar-refractivity contribution in [3.8, 4) is 5.00 Å². The molecule has 4 heterocycles. The number of carbonyl (C=O) groups is 1. The predicted molar refractivity (Wildman–Crippen MR) is 109 cm³/mol. The topological polar surface area (TPSA) is 64.2 Å². The number of hydrogen-bond acceptors (Lipinski definition) is 4. The maximum Gasteiger partial charge on any atom is 0.255 e. The van der Waals surface area contributed by atoms with E-state index in [1.165, 1.54) is 16.9 Å². The molecule has 5 rings (SSSR count). The molecular formula is C21H21N5OS. The quantitative estimate of drug-likeness (QED) is 0.573. The third-order valence-electron chi connectivity index (χ3n) is 5.29. The molecule has 0 saturated heterocycles. The number of hydrogen-bond donors (Lipinski definition) is 1. The summed E-state index contributed by atoms with van der Waals surface area (Å²) in [7, 11) is 0. The van der Waals surface area contributed by atoms with Crippen LogP contribution in [0.15, 0.2) is 48.9 Å². The second-order valence-corrected chi connectivity index (χ2v) is 8.25. The highest BCUT2D eigenvalue weighted by molar-refractivity contribution is 7.15. The summed E-state index contributed by atoms with van der Waals surface area (Å²) < 4.78 is 3.97. The Bertz CT molecular complexity index is 1140. The highest BCUT2D eigenvalue weighted by atomic mass is 32.1. The van der Waals surface area contributed by atoms with Crippen molar-refractivity contribution < 1.29 is 4.79 Å². The Hall–Kier alpha value is -2.93. The summed E-state index contributed by atoms with van der Waals surface area (Å²) in [6, 6.07) is 9.51. The Labute approximate surface area is 166 Å². The summed E-state index contributed by atoms with van der Waals surface area (Å²) in [6.07, 6.45) is 10.3. The minimum Gasteiger partial charge on any atom is -0.342 e. The van der Waals surface area contributed by atoms with Crippen LogP contribution in [0.1, 0.15) is 52.4 Å². The number of carbonyl (C=O) groups excluding carboxylic acids is 1. The molecule has 0 bridgehead atoms. The van der Waals surface area contributed by atoms with E-state index in [-0.39, 0.29) is 11.9 Å². The molecule has 0 radical (unpaired) electrons. The lowest BCUT2D eigenvalue weighted by Gasteiger charge is -2.16. The molecule has 4 aromatic heterocycles. The lowest BCUT2D eigenvalue weighted by Crippen LogP contribution is -2.29. The zero-order valence-corrected chi connectivity index (χ0v) is 16.4. The van der Waals surface area contributed by atoms with Crippen molar-refractivity contribution in [2.75, 3.05) is 0 Å². The van der Waals surface area contributed by atoms with Crippen LogP contribution >= 0.6 is 11.3 Å². The molecule has 142 valence electrons. The predicted octanol–water partition coefficient (Wildman–Crippen LogP) is 3.95. The van der Waals surface area contributed by atoms with Crippen LogP contribution < -0.4 is 5.32 Å². The van der Waals surface area contributed by atoms with E-state index in [4.69, 9.17) is 0 Å². The smallest absolute Gasteiger partial charge is 0.255 e. The molecule has 4 aromatic rings. The molecule has 0 fully saturated rings. The summed E-state index contributed by atoms with van der Waals surface area (Å²) in [4.78, 5) is 14.7.